The van der Waals surface area contributed by atoms with Crippen molar-refractivity contribution in [2.45, 2.75) is 13.3 Å². The van der Waals surface area contributed by atoms with E-state index in [-0.39, 0.29) is 5.91 Å². The molecule has 6 nitrogen and oxygen atoms in total. The van der Waals surface area contributed by atoms with Crippen LogP contribution in [0.25, 0.3) is 11.3 Å². The molecule has 29 heavy (non-hydrogen) atoms. The van der Waals surface area contributed by atoms with E-state index in [9.17, 15) is 4.79 Å². The average Bonchev–Trinajstić information content (AvgIpc) is 2.77. The summed E-state index contributed by atoms with van der Waals surface area (Å²) in [5.74, 6) is 0.846. The van der Waals surface area contributed by atoms with E-state index in [0.717, 1.165) is 60.2 Å². The number of aryl methyl sites for hydroxylation is 1. The Morgan fingerprint density at radius 3 is 2.45 bits per heavy atom. The first-order chi connectivity index (χ1) is 14.2. The molecular formula is C23H24N4O2. The average molecular weight is 388 g/mol. The highest BCUT2D eigenvalue weighted by Gasteiger charge is 2.13. The van der Waals surface area contributed by atoms with Gasteiger partial charge < -0.3 is 15.0 Å². The van der Waals surface area contributed by atoms with E-state index in [4.69, 9.17) is 4.74 Å². The fourth-order valence-electron chi connectivity index (χ4n) is 3.35. The van der Waals surface area contributed by atoms with Crippen molar-refractivity contribution in [2.24, 2.45) is 0 Å². The summed E-state index contributed by atoms with van der Waals surface area (Å²) in [7, 11) is 0. The Hall–Kier alpha value is -3.25. The molecule has 148 valence electrons. The summed E-state index contributed by atoms with van der Waals surface area (Å²) < 4.78 is 5.37. The Kier molecular flexibility index (Phi) is 5.81. The van der Waals surface area contributed by atoms with Crippen LogP contribution in [0.3, 0.4) is 0 Å². The molecule has 0 atom stereocenters. The molecule has 1 fully saturated rings. The Balaban J connectivity index is 1.38. The number of hydrogen-bond donors (Lipinski definition) is 1. The van der Waals surface area contributed by atoms with Crippen molar-refractivity contribution in [3.05, 3.63) is 71.8 Å². The maximum atomic E-state index is 12.3. The maximum absolute atomic E-state index is 12.3. The van der Waals surface area contributed by atoms with Crippen LogP contribution >= 0.6 is 0 Å². The van der Waals surface area contributed by atoms with E-state index < -0.39 is 0 Å². The number of benzene rings is 2. The van der Waals surface area contributed by atoms with Gasteiger partial charge >= 0.3 is 0 Å². The lowest BCUT2D eigenvalue weighted by molar-refractivity contribution is -0.115. The molecule has 1 aromatic heterocycles. The van der Waals surface area contributed by atoms with Crippen molar-refractivity contribution in [1.29, 1.82) is 0 Å². The second-order valence-corrected chi connectivity index (χ2v) is 7.10. The number of morpholine rings is 1. The van der Waals surface area contributed by atoms with Gasteiger partial charge in [0.1, 0.15) is 0 Å². The molecule has 0 aliphatic carbocycles. The lowest BCUT2D eigenvalue weighted by atomic mass is 10.1. The van der Waals surface area contributed by atoms with Crippen molar-refractivity contribution in [2.75, 3.05) is 36.5 Å². The van der Waals surface area contributed by atoms with Crippen molar-refractivity contribution < 1.29 is 9.53 Å². The predicted molar refractivity (Wildman–Crippen MR) is 114 cm³/mol. The Morgan fingerprint density at radius 1 is 1.00 bits per heavy atom. The van der Waals surface area contributed by atoms with E-state index >= 15 is 0 Å². The number of nitrogens with zero attached hydrogens (tertiary/aromatic N) is 3. The van der Waals surface area contributed by atoms with Crippen LogP contribution in [0, 0.1) is 6.92 Å². The number of carbonyl (C=O) groups excluding carboxylic acids is 1. The quantitative estimate of drug-likeness (QED) is 0.725. The molecule has 0 bridgehead atoms. The van der Waals surface area contributed by atoms with E-state index in [1.54, 1.807) is 0 Å². The second kappa shape index (κ2) is 8.84. The molecule has 1 N–H and O–H groups in total. The van der Waals surface area contributed by atoms with Gasteiger partial charge in [-0.3, -0.25) is 4.79 Å². The van der Waals surface area contributed by atoms with Crippen LogP contribution in [0.4, 0.5) is 11.5 Å². The Morgan fingerprint density at radius 2 is 1.76 bits per heavy atom. The standard InChI is InChI=1S/C23H24N4O2/c1-17-4-2-3-5-19(17)16-23(28)24-20-8-6-18(7-9-20)21-10-11-22(26-25-21)27-12-14-29-15-13-27/h2-11H,12-16H2,1H3,(H,24,28). The van der Waals surface area contributed by atoms with E-state index in [0.29, 0.717) is 6.42 Å². The first kappa shape index (κ1) is 19.1. The van der Waals surface area contributed by atoms with Crippen LogP contribution in [0.5, 0.6) is 0 Å². The molecular weight excluding hydrogens is 364 g/mol. The van der Waals surface area contributed by atoms with Crippen molar-refractivity contribution in [3.63, 3.8) is 0 Å². The van der Waals surface area contributed by atoms with Crippen LogP contribution in [0.1, 0.15) is 11.1 Å². The summed E-state index contributed by atoms with van der Waals surface area (Å²) in [6.07, 6.45) is 0.364. The molecule has 1 aliphatic heterocycles. The van der Waals surface area contributed by atoms with Gasteiger partial charge in [0.25, 0.3) is 0 Å². The molecule has 2 aromatic carbocycles. The zero-order valence-electron chi connectivity index (χ0n) is 16.5. The number of anilines is 2. The van der Waals surface area contributed by atoms with E-state index in [1.807, 2.05) is 67.6 Å². The molecule has 3 aromatic rings. The van der Waals surface area contributed by atoms with Crippen molar-refractivity contribution in [3.8, 4) is 11.3 Å². The van der Waals surface area contributed by atoms with Gasteiger partial charge in [0.15, 0.2) is 5.82 Å². The normalized spacial score (nSPS) is 13.9. The lowest BCUT2D eigenvalue weighted by Gasteiger charge is -2.27. The third-order valence-corrected chi connectivity index (χ3v) is 5.06. The highest BCUT2D eigenvalue weighted by atomic mass is 16.5. The largest absolute Gasteiger partial charge is 0.378 e. The van der Waals surface area contributed by atoms with E-state index in [1.165, 1.54) is 0 Å². The third-order valence-electron chi connectivity index (χ3n) is 5.06. The molecule has 2 heterocycles. The first-order valence-corrected chi connectivity index (χ1v) is 9.80. The number of nitrogens with one attached hydrogen (secondary N) is 1. The van der Waals surface area contributed by atoms with Gasteiger partial charge in [0.05, 0.1) is 25.3 Å². The lowest BCUT2D eigenvalue weighted by Crippen LogP contribution is -2.36. The first-order valence-electron chi connectivity index (χ1n) is 9.80. The summed E-state index contributed by atoms with van der Waals surface area (Å²) in [6.45, 7) is 5.14. The second-order valence-electron chi connectivity index (χ2n) is 7.10. The van der Waals surface area contributed by atoms with Gasteiger partial charge in [-0.15, -0.1) is 10.2 Å². The summed E-state index contributed by atoms with van der Waals surface area (Å²) in [6, 6.07) is 19.6. The number of hydrogen-bond acceptors (Lipinski definition) is 5. The number of ether oxygens (including phenoxy) is 1. The molecule has 1 amide bonds. The molecule has 0 saturated carbocycles. The van der Waals surface area contributed by atoms with Gasteiger partial charge in [-0.05, 0) is 42.3 Å². The fraction of sp³-hybridized carbons (Fsp3) is 0.261. The fourth-order valence-corrected chi connectivity index (χ4v) is 3.35. The molecule has 4 rings (SSSR count). The predicted octanol–water partition coefficient (Wildman–Crippen LogP) is 3.47. The number of aromatic nitrogens is 2. The van der Waals surface area contributed by atoms with Gasteiger partial charge in [-0.1, -0.05) is 36.4 Å². The summed E-state index contributed by atoms with van der Waals surface area (Å²) >= 11 is 0. The van der Waals surface area contributed by atoms with Crippen molar-refractivity contribution in [1.82, 2.24) is 10.2 Å². The molecule has 1 saturated heterocycles. The van der Waals surface area contributed by atoms with Crippen LogP contribution in [-0.4, -0.2) is 42.4 Å². The number of rotatable bonds is 5. The Bertz CT molecular complexity index is 965. The summed E-state index contributed by atoms with van der Waals surface area (Å²) in [5, 5.41) is 11.7. The minimum atomic E-state index is -0.0262. The Labute approximate surface area is 170 Å². The number of carbonyl (C=O) groups is 1. The molecule has 1 aliphatic rings. The van der Waals surface area contributed by atoms with E-state index in [2.05, 4.69) is 20.4 Å². The topological polar surface area (TPSA) is 67.4 Å². The van der Waals surface area contributed by atoms with Gasteiger partial charge in [0, 0.05) is 24.3 Å². The minimum absolute atomic E-state index is 0.0262. The minimum Gasteiger partial charge on any atom is -0.378 e. The highest BCUT2D eigenvalue weighted by Crippen LogP contribution is 2.21. The smallest absolute Gasteiger partial charge is 0.228 e. The summed E-state index contributed by atoms with van der Waals surface area (Å²) in [5.41, 5.74) is 4.70. The van der Waals surface area contributed by atoms with Crippen LogP contribution < -0.4 is 10.2 Å². The monoisotopic (exact) mass is 388 g/mol. The van der Waals surface area contributed by atoms with Gasteiger partial charge in [-0.2, -0.15) is 0 Å². The van der Waals surface area contributed by atoms with Crippen molar-refractivity contribution >= 4 is 17.4 Å². The molecule has 0 radical (unpaired) electrons. The van der Waals surface area contributed by atoms with Gasteiger partial charge in [-0.25, -0.2) is 0 Å². The van der Waals surface area contributed by atoms with Crippen LogP contribution in [-0.2, 0) is 16.0 Å². The summed E-state index contributed by atoms with van der Waals surface area (Å²) in [4.78, 5) is 14.5. The zero-order valence-corrected chi connectivity index (χ0v) is 16.5. The van der Waals surface area contributed by atoms with Crippen LogP contribution in [0.2, 0.25) is 0 Å². The number of amides is 1. The SMILES string of the molecule is Cc1ccccc1CC(=O)Nc1ccc(-c2ccc(N3CCOCC3)nn2)cc1. The third kappa shape index (κ3) is 4.78. The zero-order chi connectivity index (χ0) is 20.1. The van der Waals surface area contributed by atoms with Crippen LogP contribution in [0.15, 0.2) is 60.7 Å². The molecule has 6 heteroatoms. The molecule has 0 unspecified atom stereocenters. The highest BCUT2D eigenvalue weighted by molar-refractivity contribution is 5.92. The molecule has 0 spiro atoms. The van der Waals surface area contributed by atoms with Gasteiger partial charge in [0.2, 0.25) is 5.91 Å². The maximum Gasteiger partial charge on any atom is 0.228 e.